The van der Waals surface area contributed by atoms with Crippen molar-refractivity contribution in [3.8, 4) is 0 Å². The Morgan fingerprint density at radius 3 is 2.50 bits per heavy atom. The molecule has 1 aromatic heterocycles. The standard InChI is InChI=1S/C9H13NO2/c1-2-8(9(11)12)7-10-5-3-4-6-10/h3-6,8H,2,7H2,1H3,(H,11,12). The lowest BCUT2D eigenvalue weighted by atomic mass is 10.1. The number of carbonyl (C=O) groups is 1. The average molecular weight is 167 g/mol. The summed E-state index contributed by atoms with van der Waals surface area (Å²) in [5.74, 6) is -0.983. The molecule has 3 nitrogen and oxygen atoms in total. The second kappa shape index (κ2) is 3.95. The summed E-state index contributed by atoms with van der Waals surface area (Å²) in [6, 6.07) is 3.79. The van der Waals surface area contributed by atoms with Crippen LogP contribution in [0.5, 0.6) is 0 Å². The zero-order chi connectivity index (χ0) is 8.97. The third kappa shape index (κ3) is 2.12. The average Bonchev–Trinajstić information content (AvgIpc) is 2.51. The molecule has 0 radical (unpaired) electrons. The van der Waals surface area contributed by atoms with E-state index in [0.717, 1.165) is 0 Å². The quantitative estimate of drug-likeness (QED) is 0.740. The molecule has 1 N–H and O–H groups in total. The van der Waals surface area contributed by atoms with Gasteiger partial charge in [-0.15, -0.1) is 0 Å². The molecule has 0 bridgehead atoms. The van der Waals surface area contributed by atoms with Gasteiger partial charge in [0.15, 0.2) is 0 Å². The van der Waals surface area contributed by atoms with Crippen molar-refractivity contribution in [2.75, 3.05) is 0 Å². The zero-order valence-electron chi connectivity index (χ0n) is 7.10. The molecule has 0 amide bonds. The number of rotatable bonds is 4. The first kappa shape index (κ1) is 8.84. The third-order valence-electron chi connectivity index (χ3n) is 1.94. The van der Waals surface area contributed by atoms with E-state index in [4.69, 9.17) is 5.11 Å². The molecule has 0 aliphatic carbocycles. The molecular weight excluding hydrogens is 154 g/mol. The van der Waals surface area contributed by atoms with Gasteiger partial charge in [-0.05, 0) is 18.6 Å². The maximum absolute atomic E-state index is 10.6. The predicted octanol–water partition coefficient (Wildman–Crippen LogP) is 1.60. The summed E-state index contributed by atoms with van der Waals surface area (Å²) in [5, 5.41) is 8.76. The molecule has 1 aromatic rings. The molecule has 12 heavy (non-hydrogen) atoms. The van der Waals surface area contributed by atoms with E-state index >= 15 is 0 Å². The number of hydrogen-bond donors (Lipinski definition) is 1. The molecule has 0 fully saturated rings. The van der Waals surface area contributed by atoms with Gasteiger partial charge in [0.25, 0.3) is 0 Å². The monoisotopic (exact) mass is 167 g/mol. The van der Waals surface area contributed by atoms with Gasteiger partial charge in [-0.3, -0.25) is 4.79 Å². The Hall–Kier alpha value is -1.25. The van der Waals surface area contributed by atoms with Crippen molar-refractivity contribution in [2.45, 2.75) is 19.9 Å². The van der Waals surface area contributed by atoms with Crippen molar-refractivity contribution < 1.29 is 9.90 Å². The number of nitrogens with zero attached hydrogens (tertiary/aromatic N) is 1. The van der Waals surface area contributed by atoms with Gasteiger partial charge in [0.05, 0.1) is 5.92 Å². The molecule has 1 unspecified atom stereocenters. The number of hydrogen-bond acceptors (Lipinski definition) is 1. The zero-order valence-corrected chi connectivity index (χ0v) is 7.10. The predicted molar refractivity (Wildman–Crippen MR) is 45.8 cm³/mol. The minimum Gasteiger partial charge on any atom is -0.481 e. The Morgan fingerprint density at radius 2 is 2.08 bits per heavy atom. The molecule has 0 saturated carbocycles. The van der Waals surface area contributed by atoms with E-state index in [1.165, 1.54) is 0 Å². The van der Waals surface area contributed by atoms with Crippen molar-refractivity contribution in [3.05, 3.63) is 24.5 Å². The maximum atomic E-state index is 10.6. The van der Waals surface area contributed by atoms with Gasteiger partial charge in [0, 0.05) is 18.9 Å². The Balaban J connectivity index is 2.54. The van der Waals surface area contributed by atoms with Crippen molar-refractivity contribution in [1.82, 2.24) is 4.57 Å². The molecule has 1 heterocycles. The molecule has 0 aliphatic heterocycles. The second-order valence-electron chi connectivity index (χ2n) is 2.82. The van der Waals surface area contributed by atoms with Gasteiger partial charge in [-0.25, -0.2) is 0 Å². The molecule has 1 atom stereocenters. The lowest BCUT2D eigenvalue weighted by molar-refractivity contribution is -0.142. The van der Waals surface area contributed by atoms with E-state index in [9.17, 15) is 4.79 Å². The molecule has 0 spiro atoms. The molecule has 0 saturated heterocycles. The second-order valence-corrected chi connectivity index (χ2v) is 2.82. The molecule has 3 heteroatoms. The highest BCUT2D eigenvalue weighted by molar-refractivity contribution is 5.69. The van der Waals surface area contributed by atoms with E-state index in [0.29, 0.717) is 13.0 Å². The molecule has 0 aromatic carbocycles. The summed E-state index contributed by atoms with van der Waals surface area (Å²) >= 11 is 0. The summed E-state index contributed by atoms with van der Waals surface area (Å²) in [4.78, 5) is 10.6. The topological polar surface area (TPSA) is 42.2 Å². The fraction of sp³-hybridized carbons (Fsp3) is 0.444. The third-order valence-corrected chi connectivity index (χ3v) is 1.94. The fourth-order valence-corrected chi connectivity index (χ4v) is 1.13. The fourth-order valence-electron chi connectivity index (χ4n) is 1.13. The summed E-state index contributed by atoms with van der Waals surface area (Å²) in [6.07, 6.45) is 4.44. The van der Waals surface area contributed by atoms with Crippen LogP contribution in [-0.2, 0) is 11.3 Å². The smallest absolute Gasteiger partial charge is 0.308 e. The highest BCUT2D eigenvalue weighted by Crippen LogP contribution is 2.06. The molecule has 0 aliphatic rings. The molecular formula is C9H13NO2. The van der Waals surface area contributed by atoms with Gasteiger partial charge < -0.3 is 9.67 Å². The first-order valence-corrected chi connectivity index (χ1v) is 4.07. The summed E-state index contributed by atoms with van der Waals surface area (Å²) < 4.78 is 1.89. The largest absolute Gasteiger partial charge is 0.481 e. The van der Waals surface area contributed by atoms with Crippen LogP contribution >= 0.6 is 0 Å². The van der Waals surface area contributed by atoms with Crippen molar-refractivity contribution >= 4 is 5.97 Å². The SMILES string of the molecule is CCC(Cn1cccc1)C(=O)O. The van der Waals surface area contributed by atoms with Gasteiger partial charge in [-0.2, -0.15) is 0 Å². The minimum absolute atomic E-state index is 0.266. The Labute approximate surface area is 71.6 Å². The van der Waals surface area contributed by atoms with Crippen LogP contribution < -0.4 is 0 Å². The number of aliphatic carboxylic acids is 1. The van der Waals surface area contributed by atoms with E-state index in [1.807, 2.05) is 36.0 Å². The highest BCUT2D eigenvalue weighted by Gasteiger charge is 2.14. The Morgan fingerprint density at radius 1 is 1.50 bits per heavy atom. The first-order chi connectivity index (χ1) is 5.74. The van der Waals surface area contributed by atoms with Crippen molar-refractivity contribution in [1.29, 1.82) is 0 Å². The lowest BCUT2D eigenvalue weighted by Gasteiger charge is -2.09. The molecule has 66 valence electrons. The van der Waals surface area contributed by atoms with Gasteiger partial charge in [0.2, 0.25) is 0 Å². The van der Waals surface area contributed by atoms with Crippen LogP contribution in [0, 0.1) is 5.92 Å². The minimum atomic E-state index is -0.716. The van der Waals surface area contributed by atoms with Crippen LogP contribution in [0.1, 0.15) is 13.3 Å². The maximum Gasteiger partial charge on any atom is 0.308 e. The summed E-state index contributed by atoms with van der Waals surface area (Å²) in [5.41, 5.74) is 0. The first-order valence-electron chi connectivity index (χ1n) is 4.07. The highest BCUT2D eigenvalue weighted by atomic mass is 16.4. The van der Waals surface area contributed by atoms with Crippen LogP contribution in [0.4, 0.5) is 0 Å². The lowest BCUT2D eigenvalue weighted by Crippen LogP contribution is -2.18. The summed E-state index contributed by atoms with van der Waals surface area (Å²) in [6.45, 7) is 2.46. The van der Waals surface area contributed by atoms with E-state index < -0.39 is 5.97 Å². The Kier molecular flexibility index (Phi) is 2.91. The van der Waals surface area contributed by atoms with Crippen molar-refractivity contribution in [3.63, 3.8) is 0 Å². The Bertz CT molecular complexity index is 241. The number of carboxylic acid groups (broad SMARTS) is 1. The van der Waals surface area contributed by atoms with Crippen LogP contribution in [0.25, 0.3) is 0 Å². The number of aromatic nitrogens is 1. The van der Waals surface area contributed by atoms with Gasteiger partial charge in [-0.1, -0.05) is 6.92 Å². The summed E-state index contributed by atoms with van der Waals surface area (Å²) in [7, 11) is 0. The van der Waals surface area contributed by atoms with Crippen LogP contribution in [0.2, 0.25) is 0 Å². The molecule has 1 rings (SSSR count). The van der Waals surface area contributed by atoms with E-state index in [1.54, 1.807) is 0 Å². The van der Waals surface area contributed by atoms with Crippen LogP contribution in [0.15, 0.2) is 24.5 Å². The number of carboxylic acids is 1. The van der Waals surface area contributed by atoms with Crippen molar-refractivity contribution in [2.24, 2.45) is 5.92 Å². The van der Waals surface area contributed by atoms with E-state index in [-0.39, 0.29) is 5.92 Å². The van der Waals surface area contributed by atoms with Gasteiger partial charge in [0.1, 0.15) is 0 Å². The van der Waals surface area contributed by atoms with E-state index in [2.05, 4.69) is 0 Å². The van der Waals surface area contributed by atoms with Gasteiger partial charge >= 0.3 is 5.97 Å². The van der Waals surface area contributed by atoms with Crippen LogP contribution in [-0.4, -0.2) is 15.6 Å². The normalized spacial score (nSPS) is 12.8. The van der Waals surface area contributed by atoms with Crippen LogP contribution in [0.3, 0.4) is 0 Å².